The van der Waals surface area contributed by atoms with Crippen LogP contribution in [0.5, 0.6) is 5.75 Å². The molecule has 4 nitrogen and oxygen atoms in total. The molecule has 0 unspecified atom stereocenters. The fourth-order valence-electron chi connectivity index (χ4n) is 1.68. The number of rotatable bonds is 5. The Morgan fingerprint density at radius 3 is 2.60 bits per heavy atom. The summed E-state index contributed by atoms with van der Waals surface area (Å²) in [4.78, 5) is 8.39. The van der Waals surface area contributed by atoms with E-state index in [1.807, 2.05) is 47.8 Å². The lowest BCUT2D eigenvalue weighted by Crippen LogP contribution is -1.97. The van der Waals surface area contributed by atoms with Gasteiger partial charge in [0.2, 0.25) is 0 Å². The van der Waals surface area contributed by atoms with E-state index in [0.717, 1.165) is 22.3 Å². The number of ether oxygens (including phenoxy) is 1. The van der Waals surface area contributed by atoms with Crippen molar-refractivity contribution in [2.24, 2.45) is 0 Å². The monoisotopic (exact) mass is 283 g/mol. The van der Waals surface area contributed by atoms with Gasteiger partial charge < -0.3 is 10.1 Å². The summed E-state index contributed by atoms with van der Waals surface area (Å²) in [5.41, 5.74) is 1.91. The molecule has 0 saturated heterocycles. The molecule has 0 aliphatic rings. The van der Waals surface area contributed by atoms with Crippen molar-refractivity contribution >= 4 is 22.2 Å². The molecule has 2 heterocycles. The second kappa shape index (κ2) is 6.16. The minimum Gasteiger partial charge on any atom is -0.487 e. The fraction of sp³-hybridized carbons (Fsp3) is 0.0667. The third-order valence-electron chi connectivity index (χ3n) is 2.65. The Hall–Kier alpha value is -2.40. The van der Waals surface area contributed by atoms with E-state index in [1.165, 1.54) is 0 Å². The number of thiazole rings is 1. The smallest absolute Gasteiger partial charge is 0.187 e. The van der Waals surface area contributed by atoms with Gasteiger partial charge in [0, 0.05) is 23.5 Å². The molecule has 1 N–H and O–H groups in total. The first-order chi connectivity index (χ1) is 9.90. The SMILES string of the molecule is c1ccc(COc2ccc(Nc3nccs3)cc2)nc1. The zero-order valence-corrected chi connectivity index (χ0v) is 11.5. The van der Waals surface area contributed by atoms with Crippen LogP contribution in [0.1, 0.15) is 5.69 Å². The van der Waals surface area contributed by atoms with Gasteiger partial charge in [0.25, 0.3) is 0 Å². The van der Waals surface area contributed by atoms with E-state index in [9.17, 15) is 0 Å². The molecule has 0 bridgehead atoms. The second-order valence-corrected chi connectivity index (χ2v) is 4.99. The highest BCUT2D eigenvalue weighted by Gasteiger charge is 1.99. The minimum absolute atomic E-state index is 0.472. The maximum atomic E-state index is 5.68. The molecule has 3 rings (SSSR count). The average molecular weight is 283 g/mol. The first-order valence-corrected chi connectivity index (χ1v) is 7.07. The molecule has 0 aliphatic heterocycles. The van der Waals surface area contributed by atoms with Gasteiger partial charge in [-0.25, -0.2) is 4.98 Å². The quantitative estimate of drug-likeness (QED) is 0.772. The van der Waals surface area contributed by atoms with Crippen LogP contribution in [-0.4, -0.2) is 9.97 Å². The van der Waals surface area contributed by atoms with Crippen LogP contribution < -0.4 is 10.1 Å². The molecule has 0 spiro atoms. The summed E-state index contributed by atoms with van der Waals surface area (Å²) in [6, 6.07) is 13.6. The Morgan fingerprint density at radius 1 is 1.00 bits per heavy atom. The highest BCUT2D eigenvalue weighted by molar-refractivity contribution is 7.13. The molecule has 1 aromatic carbocycles. The van der Waals surface area contributed by atoms with Crippen molar-refractivity contribution in [2.45, 2.75) is 6.61 Å². The molecule has 0 amide bonds. The number of anilines is 2. The first-order valence-electron chi connectivity index (χ1n) is 6.19. The second-order valence-electron chi connectivity index (χ2n) is 4.10. The van der Waals surface area contributed by atoms with Crippen molar-refractivity contribution < 1.29 is 4.74 Å². The third kappa shape index (κ3) is 3.33. The zero-order valence-electron chi connectivity index (χ0n) is 10.7. The number of nitrogens with one attached hydrogen (secondary N) is 1. The molecule has 0 saturated carbocycles. The maximum Gasteiger partial charge on any atom is 0.187 e. The van der Waals surface area contributed by atoms with Gasteiger partial charge in [-0.2, -0.15) is 0 Å². The normalized spacial score (nSPS) is 10.2. The van der Waals surface area contributed by atoms with Gasteiger partial charge in [-0.05, 0) is 36.4 Å². The summed E-state index contributed by atoms with van der Waals surface area (Å²) in [7, 11) is 0. The van der Waals surface area contributed by atoms with E-state index in [-0.39, 0.29) is 0 Å². The molecule has 0 atom stereocenters. The topological polar surface area (TPSA) is 47.0 Å². The molecule has 0 radical (unpaired) electrons. The lowest BCUT2D eigenvalue weighted by Gasteiger charge is -2.07. The van der Waals surface area contributed by atoms with Crippen molar-refractivity contribution in [1.82, 2.24) is 9.97 Å². The minimum atomic E-state index is 0.472. The first kappa shape index (κ1) is 12.6. The molecular formula is C15H13N3OS. The molecule has 0 aliphatic carbocycles. The maximum absolute atomic E-state index is 5.68. The number of hydrogen-bond acceptors (Lipinski definition) is 5. The largest absolute Gasteiger partial charge is 0.487 e. The van der Waals surface area contributed by atoms with E-state index in [1.54, 1.807) is 23.7 Å². The summed E-state index contributed by atoms with van der Waals surface area (Å²) in [5, 5.41) is 6.04. The summed E-state index contributed by atoms with van der Waals surface area (Å²) in [6.45, 7) is 0.472. The average Bonchev–Trinajstić information content (AvgIpc) is 3.01. The lowest BCUT2D eigenvalue weighted by molar-refractivity contribution is 0.301. The number of aromatic nitrogens is 2. The van der Waals surface area contributed by atoms with Gasteiger partial charge in [-0.3, -0.25) is 4.98 Å². The summed E-state index contributed by atoms with van der Waals surface area (Å²) < 4.78 is 5.68. The van der Waals surface area contributed by atoms with Crippen molar-refractivity contribution in [3.8, 4) is 5.75 Å². The Balaban J connectivity index is 1.59. The molecule has 0 fully saturated rings. The van der Waals surface area contributed by atoms with Gasteiger partial charge in [-0.15, -0.1) is 11.3 Å². The van der Waals surface area contributed by atoms with Gasteiger partial charge in [0.15, 0.2) is 5.13 Å². The van der Waals surface area contributed by atoms with E-state index in [0.29, 0.717) is 6.61 Å². The number of benzene rings is 1. The van der Waals surface area contributed by atoms with Crippen molar-refractivity contribution in [3.05, 3.63) is 65.9 Å². The van der Waals surface area contributed by atoms with E-state index in [4.69, 9.17) is 4.74 Å². The van der Waals surface area contributed by atoms with Crippen LogP contribution in [0.4, 0.5) is 10.8 Å². The lowest BCUT2D eigenvalue weighted by atomic mass is 10.3. The number of pyridine rings is 1. The molecule has 5 heteroatoms. The Morgan fingerprint density at radius 2 is 1.90 bits per heavy atom. The van der Waals surface area contributed by atoms with E-state index >= 15 is 0 Å². The third-order valence-corrected chi connectivity index (χ3v) is 3.34. The summed E-state index contributed by atoms with van der Waals surface area (Å²) in [5.74, 6) is 0.820. The standard InChI is InChI=1S/C15H13N3OS/c1-2-8-16-13(3-1)11-19-14-6-4-12(5-7-14)18-15-17-9-10-20-15/h1-10H,11H2,(H,17,18). The predicted molar refractivity (Wildman–Crippen MR) is 80.4 cm³/mol. The summed E-state index contributed by atoms with van der Waals surface area (Å²) in [6.07, 6.45) is 3.54. The highest BCUT2D eigenvalue weighted by atomic mass is 32.1. The Kier molecular flexibility index (Phi) is 3.89. The van der Waals surface area contributed by atoms with Gasteiger partial charge in [0.05, 0.1) is 5.69 Å². The van der Waals surface area contributed by atoms with E-state index in [2.05, 4.69) is 15.3 Å². The fourth-order valence-corrected chi connectivity index (χ4v) is 2.23. The van der Waals surface area contributed by atoms with Crippen LogP contribution in [-0.2, 0) is 6.61 Å². The predicted octanol–water partition coefficient (Wildman–Crippen LogP) is 3.86. The van der Waals surface area contributed by atoms with Crippen LogP contribution in [0.2, 0.25) is 0 Å². The van der Waals surface area contributed by atoms with E-state index < -0.39 is 0 Å². The Bertz CT molecular complexity index is 639. The van der Waals surface area contributed by atoms with Crippen LogP contribution in [0.3, 0.4) is 0 Å². The Labute approximate surface area is 121 Å². The van der Waals surface area contributed by atoms with Crippen molar-refractivity contribution in [3.63, 3.8) is 0 Å². The molecule has 100 valence electrons. The van der Waals surface area contributed by atoms with Gasteiger partial charge >= 0.3 is 0 Å². The van der Waals surface area contributed by atoms with Crippen molar-refractivity contribution in [2.75, 3.05) is 5.32 Å². The summed E-state index contributed by atoms with van der Waals surface area (Å²) >= 11 is 1.57. The highest BCUT2D eigenvalue weighted by Crippen LogP contribution is 2.21. The number of hydrogen-bond donors (Lipinski definition) is 1. The van der Waals surface area contributed by atoms with Crippen molar-refractivity contribution in [1.29, 1.82) is 0 Å². The molecular weight excluding hydrogens is 270 g/mol. The molecule has 20 heavy (non-hydrogen) atoms. The van der Waals surface area contributed by atoms with Crippen LogP contribution in [0.15, 0.2) is 60.2 Å². The molecule has 3 aromatic rings. The zero-order chi connectivity index (χ0) is 13.6. The van der Waals surface area contributed by atoms with Crippen LogP contribution in [0, 0.1) is 0 Å². The number of nitrogens with zero attached hydrogens (tertiary/aromatic N) is 2. The van der Waals surface area contributed by atoms with Gasteiger partial charge in [-0.1, -0.05) is 6.07 Å². The van der Waals surface area contributed by atoms with Crippen LogP contribution >= 0.6 is 11.3 Å². The molecule has 2 aromatic heterocycles. The van der Waals surface area contributed by atoms with Gasteiger partial charge in [0.1, 0.15) is 12.4 Å². The van der Waals surface area contributed by atoms with Crippen LogP contribution in [0.25, 0.3) is 0 Å².